The molecule has 2 aromatic carbocycles. The van der Waals surface area contributed by atoms with E-state index in [4.69, 9.17) is 0 Å². The van der Waals surface area contributed by atoms with Gasteiger partial charge in [-0.15, -0.1) is 11.3 Å². The lowest BCUT2D eigenvalue weighted by molar-refractivity contribution is -0.126. The molecular formula is C44H59NO5S. The summed E-state index contributed by atoms with van der Waals surface area (Å²) in [6.45, 7) is 10.5. The van der Waals surface area contributed by atoms with Gasteiger partial charge in [0.05, 0.1) is 29.3 Å². The van der Waals surface area contributed by atoms with Crippen molar-refractivity contribution in [3.05, 3.63) is 81.7 Å². The van der Waals surface area contributed by atoms with Crippen LogP contribution in [0.4, 0.5) is 0 Å². The molecule has 0 aliphatic heterocycles. The Balaban J connectivity index is 1.26. The van der Waals surface area contributed by atoms with E-state index >= 15 is 0 Å². The first-order valence-electron chi connectivity index (χ1n) is 19.5. The average Bonchev–Trinajstić information content (AvgIpc) is 3.65. The third-order valence-corrected chi connectivity index (χ3v) is 15.3. The van der Waals surface area contributed by atoms with Crippen LogP contribution in [0.5, 0.6) is 0 Å². The Morgan fingerprint density at radius 1 is 1.04 bits per heavy atom. The van der Waals surface area contributed by atoms with Crippen LogP contribution in [0.2, 0.25) is 0 Å². The molecule has 6 aliphatic rings. The number of rotatable bonds is 9. The number of aliphatic hydroxyl groups is 4. The highest BCUT2D eigenvalue weighted by Gasteiger charge is 2.58. The zero-order valence-electron chi connectivity index (χ0n) is 31.1. The third-order valence-electron chi connectivity index (χ3n) is 14.2. The van der Waals surface area contributed by atoms with Crippen LogP contribution in [0.15, 0.2) is 60.2 Å². The Hall–Kier alpha value is -2.39. The lowest BCUT2D eigenvalue weighted by Gasteiger charge is -2.61. The SMILES string of the molecule is CC1=CCC[C@@]2(C)[C@@H](CC[C@@]2(O)CN(C[C@H](O)CO)C[C@@H]2CC[C@H]3C[C@@H]2C3(C)C)c2ccc(cc2C(=O)c2cc3ccccc3s2)C[C@@H](O)CC1. The van der Waals surface area contributed by atoms with Gasteiger partial charge in [0.1, 0.15) is 0 Å². The summed E-state index contributed by atoms with van der Waals surface area (Å²) < 4.78 is 1.09. The monoisotopic (exact) mass is 713 g/mol. The van der Waals surface area contributed by atoms with Crippen LogP contribution < -0.4 is 0 Å². The van der Waals surface area contributed by atoms with Crippen LogP contribution >= 0.6 is 11.3 Å². The second kappa shape index (κ2) is 14.4. The van der Waals surface area contributed by atoms with E-state index in [1.807, 2.05) is 24.3 Å². The molecule has 7 heteroatoms. The van der Waals surface area contributed by atoms with E-state index in [0.29, 0.717) is 60.0 Å². The molecule has 0 radical (unpaired) electrons. The number of thiophene rings is 1. The molecule has 4 saturated carbocycles. The molecule has 6 aliphatic carbocycles. The summed E-state index contributed by atoms with van der Waals surface area (Å²) in [5, 5.41) is 45.9. The number of fused-ring (bicyclic) bond motifs is 11. The van der Waals surface area contributed by atoms with Gasteiger partial charge in [-0.25, -0.2) is 0 Å². The normalized spacial score (nSPS) is 32.6. The van der Waals surface area contributed by atoms with Crippen molar-refractivity contribution >= 4 is 27.2 Å². The van der Waals surface area contributed by atoms with Crippen molar-refractivity contribution in [1.29, 1.82) is 0 Å². The van der Waals surface area contributed by atoms with Gasteiger partial charge in [0, 0.05) is 35.3 Å². The Kier molecular flexibility index (Phi) is 10.5. The number of ketones is 1. The van der Waals surface area contributed by atoms with Crippen molar-refractivity contribution < 1.29 is 25.2 Å². The van der Waals surface area contributed by atoms with E-state index in [1.54, 1.807) is 0 Å². The fourth-order valence-electron chi connectivity index (χ4n) is 10.9. The number of carbonyl (C=O) groups is 1. The molecule has 9 rings (SSSR count). The molecule has 276 valence electrons. The van der Waals surface area contributed by atoms with Crippen LogP contribution in [-0.2, 0) is 6.42 Å². The van der Waals surface area contributed by atoms with E-state index < -0.39 is 23.2 Å². The summed E-state index contributed by atoms with van der Waals surface area (Å²) in [6, 6.07) is 16.4. The van der Waals surface area contributed by atoms with Crippen LogP contribution in [0.25, 0.3) is 10.1 Å². The first-order valence-corrected chi connectivity index (χ1v) is 20.4. The summed E-state index contributed by atoms with van der Waals surface area (Å²) >= 11 is 1.53. The number of hydrogen-bond acceptors (Lipinski definition) is 7. The summed E-state index contributed by atoms with van der Waals surface area (Å²) in [7, 11) is 0. The Morgan fingerprint density at radius 3 is 2.59 bits per heavy atom. The first kappa shape index (κ1) is 36.9. The van der Waals surface area contributed by atoms with Crippen LogP contribution in [0.1, 0.15) is 118 Å². The average molecular weight is 714 g/mol. The molecule has 1 aromatic heterocycles. The fourth-order valence-corrected chi connectivity index (χ4v) is 11.9. The molecule has 0 spiro atoms. The molecule has 3 aromatic rings. The Labute approximate surface area is 308 Å². The van der Waals surface area contributed by atoms with Crippen LogP contribution in [0.3, 0.4) is 0 Å². The fraction of sp³-hybridized carbons (Fsp3) is 0.614. The van der Waals surface area contributed by atoms with Gasteiger partial charge in [0.25, 0.3) is 0 Å². The molecule has 4 fully saturated rings. The van der Waals surface area contributed by atoms with E-state index in [-0.39, 0.29) is 18.3 Å². The summed E-state index contributed by atoms with van der Waals surface area (Å²) in [5.74, 6) is 1.90. The number of aliphatic hydroxyl groups excluding tert-OH is 3. The zero-order chi connectivity index (χ0) is 36.1. The molecule has 0 unspecified atom stereocenters. The Morgan fingerprint density at radius 2 is 1.84 bits per heavy atom. The maximum Gasteiger partial charge on any atom is 0.203 e. The van der Waals surface area contributed by atoms with Gasteiger partial charge < -0.3 is 20.4 Å². The largest absolute Gasteiger partial charge is 0.394 e. The molecule has 0 amide bonds. The second-order valence-corrected chi connectivity index (χ2v) is 18.7. The minimum atomic E-state index is -1.06. The van der Waals surface area contributed by atoms with Crippen molar-refractivity contribution in [2.45, 2.75) is 116 Å². The van der Waals surface area contributed by atoms with Crippen molar-refractivity contribution in [2.24, 2.45) is 28.6 Å². The quantitative estimate of drug-likeness (QED) is 0.133. The molecule has 0 saturated heterocycles. The molecule has 51 heavy (non-hydrogen) atoms. The number of benzene rings is 2. The van der Waals surface area contributed by atoms with E-state index in [9.17, 15) is 25.2 Å². The topological polar surface area (TPSA) is 101 Å². The predicted molar refractivity (Wildman–Crippen MR) is 206 cm³/mol. The van der Waals surface area contributed by atoms with E-state index in [1.165, 1.54) is 36.2 Å². The molecule has 6 nitrogen and oxygen atoms in total. The predicted octanol–water partition coefficient (Wildman–Crippen LogP) is 7.90. The molecule has 8 atom stereocenters. The van der Waals surface area contributed by atoms with E-state index in [0.717, 1.165) is 59.4 Å². The van der Waals surface area contributed by atoms with E-state index in [2.05, 4.69) is 62.9 Å². The van der Waals surface area contributed by atoms with Crippen LogP contribution in [0, 0.1) is 28.6 Å². The van der Waals surface area contributed by atoms with Gasteiger partial charge in [0.15, 0.2) is 0 Å². The van der Waals surface area contributed by atoms with Crippen molar-refractivity contribution in [3.63, 3.8) is 0 Å². The van der Waals surface area contributed by atoms with Crippen molar-refractivity contribution in [2.75, 3.05) is 26.2 Å². The third kappa shape index (κ3) is 7.04. The number of nitrogens with zero attached hydrogens (tertiary/aromatic N) is 1. The number of carbonyl (C=O) groups excluding carboxylic acids is 1. The zero-order valence-corrected chi connectivity index (χ0v) is 31.9. The maximum atomic E-state index is 14.6. The standard InChI is InChI=1S/C44H59NO5S/c1-28-8-7-18-43(4)37(17-19-44(43,50)27-45(25-34(48)26-46)24-31-13-14-32-23-38(31)42(32,2)3)35-16-12-29(20-33(47)15-11-28)21-36(35)41(49)40-22-30-9-5-6-10-39(30)51-40/h5-6,8-10,12,16,21-22,31-34,37-38,46-48,50H,7,11,13-15,17-20,23-27H2,1-4H3/t31-,32-,33-,34-,37-,38-,43-,44+/m0/s1. The smallest absolute Gasteiger partial charge is 0.203 e. The highest BCUT2D eigenvalue weighted by molar-refractivity contribution is 7.21. The van der Waals surface area contributed by atoms with Gasteiger partial charge >= 0.3 is 0 Å². The van der Waals surface area contributed by atoms with Crippen molar-refractivity contribution in [3.8, 4) is 0 Å². The molecule has 1 heterocycles. The highest BCUT2D eigenvalue weighted by atomic mass is 32.1. The van der Waals surface area contributed by atoms with Gasteiger partial charge in [-0.2, -0.15) is 0 Å². The Bertz CT molecular complexity index is 1730. The van der Waals surface area contributed by atoms with Gasteiger partial charge in [-0.05, 0) is 135 Å². The highest BCUT2D eigenvalue weighted by Crippen LogP contribution is 2.62. The summed E-state index contributed by atoms with van der Waals surface area (Å²) in [6.07, 6.45) is 9.49. The minimum Gasteiger partial charge on any atom is -0.394 e. The lowest BCUT2D eigenvalue weighted by Crippen LogP contribution is -2.58. The lowest BCUT2D eigenvalue weighted by atomic mass is 9.45. The first-order chi connectivity index (χ1) is 24.3. The molecule has 4 bridgehead atoms. The summed E-state index contributed by atoms with van der Waals surface area (Å²) in [4.78, 5) is 17.6. The number of allylic oxidation sites excluding steroid dienone is 2. The van der Waals surface area contributed by atoms with Gasteiger partial charge in [-0.3, -0.25) is 9.69 Å². The molecular weight excluding hydrogens is 655 g/mol. The molecule has 4 N–H and O–H groups in total. The minimum absolute atomic E-state index is 0.00887. The summed E-state index contributed by atoms with van der Waals surface area (Å²) in [5.41, 5.74) is 2.61. The number of hydrogen-bond donors (Lipinski definition) is 4. The van der Waals surface area contributed by atoms with Crippen LogP contribution in [-0.4, -0.2) is 75.2 Å². The van der Waals surface area contributed by atoms with Gasteiger partial charge in [0.2, 0.25) is 5.78 Å². The second-order valence-electron chi connectivity index (χ2n) is 17.7. The van der Waals surface area contributed by atoms with Gasteiger partial charge in [-0.1, -0.05) is 62.8 Å². The maximum absolute atomic E-state index is 14.6. The van der Waals surface area contributed by atoms with Crippen molar-refractivity contribution in [1.82, 2.24) is 4.90 Å².